The van der Waals surface area contributed by atoms with Crippen LogP contribution >= 0.6 is 0 Å². The molecule has 1 rings (SSSR count). The lowest BCUT2D eigenvalue weighted by atomic mass is 9.81. The Kier molecular flexibility index (Phi) is 3.92. The minimum atomic E-state index is -0.128. The number of aryl methyl sites for hydroxylation is 2. The fraction of sp³-hybridized carbons (Fsp3) is 0.571. The second-order valence-electron chi connectivity index (χ2n) is 4.74. The molecule has 0 unspecified atom stereocenters. The summed E-state index contributed by atoms with van der Waals surface area (Å²) in [5.74, 6) is 0. The molecule has 15 heavy (non-hydrogen) atoms. The first-order chi connectivity index (χ1) is 7.05. The zero-order valence-corrected chi connectivity index (χ0v) is 10.3. The van der Waals surface area contributed by atoms with Crippen LogP contribution in [0.1, 0.15) is 44.4 Å². The van der Waals surface area contributed by atoms with Crippen molar-refractivity contribution in [2.24, 2.45) is 0 Å². The number of rotatable bonds is 4. The van der Waals surface area contributed by atoms with Crippen molar-refractivity contribution in [2.75, 3.05) is 6.61 Å². The van der Waals surface area contributed by atoms with E-state index in [4.69, 9.17) is 0 Å². The van der Waals surface area contributed by atoms with Crippen molar-refractivity contribution < 1.29 is 5.11 Å². The van der Waals surface area contributed by atoms with E-state index in [-0.39, 0.29) is 12.0 Å². The van der Waals surface area contributed by atoms with Gasteiger partial charge < -0.3 is 5.11 Å². The molecule has 0 heterocycles. The van der Waals surface area contributed by atoms with E-state index in [9.17, 15) is 5.11 Å². The highest BCUT2D eigenvalue weighted by Gasteiger charge is 2.22. The summed E-state index contributed by atoms with van der Waals surface area (Å²) in [7, 11) is 0. The Bertz CT molecular complexity index is 326. The molecule has 0 aliphatic carbocycles. The molecule has 0 bridgehead atoms. The highest BCUT2D eigenvalue weighted by Crippen LogP contribution is 2.27. The summed E-state index contributed by atoms with van der Waals surface area (Å²) < 4.78 is 0. The van der Waals surface area contributed by atoms with E-state index in [1.165, 1.54) is 16.7 Å². The van der Waals surface area contributed by atoms with Crippen molar-refractivity contribution in [2.45, 2.75) is 46.0 Å². The quantitative estimate of drug-likeness (QED) is 0.802. The van der Waals surface area contributed by atoms with E-state index in [0.29, 0.717) is 0 Å². The van der Waals surface area contributed by atoms with E-state index < -0.39 is 0 Å². The lowest BCUT2D eigenvalue weighted by Gasteiger charge is -2.26. The largest absolute Gasteiger partial charge is 0.395 e. The molecule has 0 amide bonds. The maximum atomic E-state index is 9.43. The zero-order chi connectivity index (χ0) is 11.5. The van der Waals surface area contributed by atoms with Crippen LogP contribution in [0.15, 0.2) is 18.2 Å². The monoisotopic (exact) mass is 206 g/mol. The molecule has 0 radical (unpaired) electrons. The first-order valence-electron chi connectivity index (χ1n) is 5.78. The van der Waals surface area contributed by atoms with Gasteiger partial charge in [0, 0.05) is 5.41 Å². The first-order valence-corrected chi connectivity index (χ1v) is 5.78. The third-order valence-corrected chi connectivity index (χ3v) is 3.09. The molecule has 0 saturated heterocycles. The van der Waals surface area contributed by atoms with Crippen LogP contribution < -0.4 is 0 Å². The highest BCUT2D eigenvalue weighted by molar-refractivity contribution is 5.37. The van der Waals surface area contributed by atoms with Crippen LogP contribution in [0.4, 0.5) is 0 Å². The van der Waals surface area contributed by atoms with Gasteiger partial charge in [0.1, 0.15) is 0 Å². The van der Waals surface area contributed by atoms with E-state index in [1.807, 2.05) is 0 Å². The second-order valence-corrected chi connectivity index (χ2v) is 4.74. The Labute approximate surface area is 93.1 Å². The standard InChI is InChI=1S/C14H22O/c1-5-11-7-8-12(6-2)13(9-11)14(3,4)10-15/h7-9,15H,5-6,10H2,1-4H3. The summed E-state index contributed by atoms with van der Waals surface area (Å²) >= 11 is 0. The van der Waals surface area contributed by atoms with Crippen LogP contribution in [0.25, 0.3) is 0 Å². The molecule has 1 heteroatoms. The van der Waals surface area contributed by atoms with Gasteiger partial charge in [0.25, 0.3) is 0 Å². The van der Waals surface area contributed by atoms with Crippen LogP contribution in [-0.4, -0.2) is 11.7 Å². The van der Waals surface area contributed by atoms with E-state index >= 15 is 0 Å². The average molecular weight is 206 g/mol. The second kappa shape index (κ2) is 4.80. The minimum absolute atomic E-state index is 0.128. The molecule has 0 aliphatic rings. The van der Waals surface area contributed by atoms with Crippen molar-refractivity contribution in [3.8, 4) is 0 Å². The molecule has 1 nitrogen and oxygen atoms in total. The summed E-state index contributed by atoms with van der Waals surface area (Å²) in [5, 5.41) is 9.43. The Morgan fingerprint density at radius 3 is 2.27 bits per heavy atom. The van der Waals surface area contributed by atoms with Crippen molar-refractivity contribution in [1.29, 1.82) is 0 Å². The normalized spacial score (nSPS) is 11.8. The summed E-state index contributed by atoms with van der Waals surface area (Å²) in [6.07, 6.45) is 2.08. The van der Waals surface area contributed by atoms with Crippen molar-refractivity contribution in [3.05, 3.63) is 34.9 Å². The fourth-order valence-electron chi connectivity index (χ4n) is 1.87. The molecule has 0 aromatic heterocycles. The minimum Gasteiger partial charge on any atom is -0.395 e. The number of aliphatic hydroxyl groups is 1. The highest BCUT2D eigenvalue weighted by atomic mass is 16.3. The van der Waals surface area contributed by atoms with Crippen molar-refractivity contribution >= 4 is 0 Å². The molecule has 1 N–H and O–H groups in total. The summed E-state index contributed by atoms with van der Waals surface area (Å²) in [6.45, 7) is 8.73. The topological polar surface area (TPSA) is 20.2 Å². The number of hydrogen-bond donors (Lipinski definition) is 1. The van der Waals surface area contributed by atoms with Crippen LogP contribution in [-0.2, 0) is 18.3 Å². The molecule has 0 fully saturated rings. The summed E-state index contributed by atoms with van der Waals surface area (Å²) in [5.41, 5.74) is 3.87. The van der Waals surface area contributed by atoms with Gasteiger partial charge in [-0.3, -0.25) is 0 Å². The van der Waals surface area contributed by atoms with Gasteiger partial charge >= 0.3 is 0 Å². The summed E-state index contributed by atoms with van der Waals surface area (Å²) in [6, 6.07) is 6.64. The Hall–Kier alpha value is -0.820. The molecule has 0 atom stereocenters. The van der Waals surface area contributed by atoms with Crippen molar-refractivity contribution in [1.82, 2.24) is 0 Å². The zero-order valence-electron chi connectivity index (χ0n) is 10.3. The number of aliphatic hydroxyl groups excluding tert-OH is 1. The van der Waals surface area contributed by atoms with E-state index in [2.05, 4.69) is 45.9 Å². The number of hydrogen-bond acceptors (Lipinski definition) is 1. The molecule has 1 aromatic rings. The first kappa shape index (κ1) is 12.3. The van der Waals surface area contributed by atoms with Gasteiger partial charge in [-0.15, -0.1) is 0 Å². The molecule has 0 saturated carbocycles. The van der Waals surface area contributed by atoms with E-state index in [1.54, 1.807) is 0 Å². The van der Waals surface area contributed by atoms with E-state index in [0.717, 1.165) is 12.8 Å². The van der Waals surface area contributed by atoms with Gasteiger partial charge in [-0.05, 0) is 29.5 Å². The fourth-order valence-corrected chi connectivity index (χ4v) is 1.87. The average Bonchev–Trinajstić information content (AvgIpc) is 2.28. The Morgan fingerprint density at radius 1 is 1.13 bits per heavy atom. The van der Waals surface area contributed by atoms with Gasteiger partial charge in [0.15, 0.2) is 0 Å². The maximum Gasteiger partial charge on any atom is 0.0522 e. The summed E-state index contributed by atoms with van der Waals surface area (Å²) in [4.78, 5) is 0. The Balaban J connectivity index is 3.23. The third-order valence-electron chi connectivity index (χ3n) is 3.09. The molecule has 1 aromatic carbocycles. The number of benzene rings is 1. The molecule has 84 valence electrons. The molecular formula is C14H22O. The Morgan fingerprint density at radius 2 is 1.80 bits per heavy atom. The predicted octanol–water partition coefficient (Wildman–Crippen LogP) is 3.08. The third kappa shape index (κ3) is 2.60. The SMILES string of the molecule is CCc1ccc(CC)c(C(C)(C)CO)c1. The lowest BCUT2D eigenvalue weighted by Crippen LogP contribution is -2.24. The molecule has 0 spiro atoms. The van der Waals surface area contributed by atoms with Crippen molar-refractivity contribution in [3.63, 3.8) is 0 Å². The van der Waals surface area contributed by atoms with Crippen LogP contribution in [0.5, 0.6) is 0 Å². The van der Waals surface area contributed by atoms with Gasteiger partial charge in [0.2, 0.25) is 0 Å². The smallest absolute Gasteiger partial charge is 0.0522 e. The molecular weight excluding hydrogens is 184 g/mol. The van der Waals surface area contributed by atoms with Gasteiger partial charge in [-0.2, -0.15) is 0 Å². The van der Waals surface area contributed by atoms with Gasteiger partial charge in [0.05, 0.1) is 6.61 Å². The van der Waals surface area contributed by atoms with Gasteiger partial charge in [-0.1, -0.05) is 45.9 Å². The van der Waals surface area contributed by atoms with Crippen LogP contribution in [0.2, 0.25) is 0 Å². The lowest BCUT2D eigenvalue weighted by molar-refractivity contribution is 0.217. The van der Waals surface area contributed by atoms with Gasteiger partial charge in [-0.25, -0.2) is 0 Å². The maximum absolute atomic E-state index is 9.43. The molecule has 0 aliphatic heterocycles. The van der Waals surface area contributed by atoms with Crippen LogP contribution in [0.3, 0.4) is 0 Å². The predicted molar refractivity (Wildman–Crippen MR) is 65.3 cm³/mol. The van der Waals surface area contributed by atoms with Crippen LogP contribution in [0, 0.1) is 0 Å².